The number of likely N-dealkylation sites (N-methyl/N-ethyl adjacent to an activating group) is 1. The first kappa shape index (κ1) is 15.3. The lowest BCUT2D eigenvalue weighted by molar-refractivity contribution is -0.127. The summed E-state index contributed by atoms with van der Waals surface area (Å²) in [4.78, 5) is 30.8. The number of rotatable bonds is 3. The first-order chi connectivity index (χ1) is 12.1. The standard InChI is InChI=1S/C16H17N7O2/c1-21-13(24)8-11(14(21)12-4-6-18-22(12)2)20-16(25)10-9-19-23-7-3-5-17-15(10)23/h3-7,9,11,14H,8H2,1-2H3,(H,20,25)/t11-,14-/m1/s1. The number of amides is 2. The van der Waals surface area contributed by atoms with E-state index < -0.39 is 0 Å². The zero-order valence-corrected chi connectivity index (χ0v) is 13.8. The van der Waals surface area contributed by atoms with E-state index in [4.69, 9.17) is 0 Å². The monoisotopic (exact) mass is 339 g/mol. The van der Waals surface area contributed by atoms with E-state index >= 15 is 0 Å². The average Bonchev–Trinajstić information content (AvgIpc) is 3.27. The van der Waals surface area contributed by atoms with Gasteiger partial charge in [-0.15, -0.1) is 0 Å². The van der Waals surface area contributed by atoms with E-state index in [2.05, 4.69) is 20.5 Å². The van der Waals surface area contributed by atoms with Gasteiger partial charge in [-0.05, 0) is 12.1 Å². The number of nitrogens with zero attached hydrogens (tertiary/aromatic N) is 6. The van der Waals surface area contributed by atoms with Crippen LogP contribution in [0.2, 0.25) is 0 Å². The molecule has 2 amide bonds. The van der Waals surface area contributed by atoms with Crippen molar-refractivity contribution >= 4 is 17.5 Å². The maximum Gasteiger partial charge on any atom is 0.257 e. The van der Waals surface area contributed by atoms with Gasteiger partial charge >= 0.3 is 0 Å². The molecule has 3 aromatic heterocycles. The normalized spacial score (nSPS) is 20.4. The zero-order valence-electron chi connectivity index (χ0n) is 13.8. The Morgan fingerprint density at radius 2 is 2.12 bits per heavy atom. The van der Waals surface area contributed by atoms with Crippen molar-refractivity contribution in [2.45, 2.75) is 18.5 Å². The fraction of sp³-hybridized carbons (Fsp3) is 0.312. The lowest BCUT2D eigenvalue weighted by Crippen LogP contribution is -2.39. The molecule has 0 aliphatic carbocycles. The van der Waals surface area contributed by atoms with Crippen LogP contribution >= 0.6 is 0 Å². The topological polar surface area (TPSA) is 97.4 Å². The zero-order chi connectivity index (χ0) is 17.6. The summed E-state index contributed by atoms with van der Waals surface area (Å²) < 4.78 is 3.26. The Morgan fingerprint density at radius 3 is 2.88 bits per heavy atom. The van der Waals surface area contributed by atoms with Gasteiger partial charge in [0.1, 0.15) is 5.56 Å². The quantitative estimate of drug-likeness (QED) is 0.733. The number of hydrogen-bond donors (Lipinski definition) is 1. The van der Waals surface area contributed by atoms with Gasteiger partial charge in [-0.25, -0.2) is 9.50 Å². The molecule has 9 heteroatoms. The minimum Gasteiger partial charge on any atom is -0.346 e. The highest BCUT2D eigenvalue weighted by atomic mass is 16.2. The van der Waals surface area contributed by atoms with Gasteiger partial charge in [0, 0.05) is 39.1 Å². The van der Waals surface area contributed by atoms with Crippen LogP contribution in [0.25, 0.3) is 5.65 Å². The lowest BCUT2D eigenvalue weighted by atomic mass is 10.1. The smallest absolute Gasteiger partial charge is 0.257 e. The minimum absolute atomic E-state index is 0.0190. The van der Waals surface area contributed by atoms with Crippen molar-refractivity contribution in [1.82, 2.24) is 34.6 Å². The summed E-state index contributed by atoms with van der Waals surface area (Å²) in [6.45, 7) is 0. The predicted molar refractivity (Wildman–Crippen MR) is 87.6 cm³/mol. The summed E-state index contributed by atoms with van der Waals surface area (Å²) in [6, 6.07) is 2.98. The molecule has 128 valence electrons. The first-order valence-electron chi connectivity index (χ1n) is 7.89. The summed E-state index contributed by atoms with van der Waals surface area (Å²) in [5.74, 6) is -0.316. The highest BCUT2D eigenvalue weighted by Gasteiger charge is 2.41. The van der Waals surface area contributed by atoms with Crippen LogP contribution in [0.5, 0.6) is 0 Å². The summed E-state index contributed by atoms with van der Waals surface area (Å²) in [7, 11) is 3.56. The Balaban J connectivity index is 1.63. The Labute approximate surface area is 143 Å². The van der Waals surface area contributed by atoms with Crippen LogP contribution in [-0.4, -0.2) is 54.2 Å². The van der Waals surface area contributed by atoms with Gasteiger partial charge in [0.25, 0.3) is 5.91 Å². The minimum atomic E-state index is -0.348. The summed E-state index contributed by atoms with van der Waals surface area (Å²) in [6.07, 6.45) is 6.74. The fourth-order valence-electron chi connectivity index (χ4n) is 3.31. The Bertz CT molecular complexity index is 960. The molecule has 3 aromatic rings. The summed E-state index contributed by atoms with van der Waals surface area (Å²) >= 11 is 0. The number of aryl methyl sites for hydroxylation is 1. The molecule has 0 radical (unpaired) electrons. The molecule has 0 bridgehead atoms. The Kier molecular flexibility index (Phi) is 3.48. The van der Waals surface area contributed by atoms with E-state index in [0.29, 0.717) is 11.2 Å². The number of fused-ring (bicyclic) bond motifs is 1. The third-order valence-electron chi connectivity index (χ3n) is 4.59. The van der Waals surface area contributed by atoms with Crippen molar-refractivity contribution in [2.75, 3.05) is 7.05 Å². The number of carbonyl (C=O) groups excluding carboxylic acids is 2. The third kappa shape index (κ3) is 2.44. The summed E-state index contributed by atoms with van der Waals surface area (Å²) in [5, 5.41) is 11.3. The second-order valence-electron chi connectivity index (χ2n) is 6.06. The molecule has 0 unspecified atom stereocenters. The molecule has 9 nitrogen and oxygen atoms in total. The van der Waals surface area contributed by atoms with Crippen molar-refractivity contribution in [3.8, 4) is 0 Å². The molecule has 0 aromatic carbocycles. The van der Waals surface area contributed by atoms with Crippen molar-refractivity contribution in [3.63, 3.8) is 0 Å². The average molecular weight is 339 g/mol. The molecule has 1 aliphatic rings. The fourth-order valence-corrected chi connectivity index (χ4v) is 3.31. The van der Waals surface area contributed by atoms with E-state index in [9.17, 15) is 9.59 Å². The van der Waals surface area contributed by atoms with Gasteiger partial charge < -0.3 is 10.2 Å². The van der Waals surface area contributed by atoms with Crippen molar-refractivity contribution in [1.29, 1.82) is 0 Å². The molecular formula is C16H17N7O2. The second-order valence-corrected chi connectivity index (χ2v) is 6.06. The number of carbonyl (C=O) groups is 2. The van der Waals surface area contributed by atoms with Crippen molar-refractivity contribution < 1.29 is 9.59 Å². The van der Waals surface area contributed by atoms with Gasteiger partial charge in [-0.3, -0.25) is 14.3 Å². The van der Waals surface area contributed by atoms with Crippen LogP contribution in [-0.2, 0) is 11.8 Å². The highest BCUT2D eigenvalue weighted by Crippen LogP contribution is 2.31. The van der Waals surface area contributed by atoms with Gasteiger partial charge in [-0.1, -0.05) is 0 Å². The van der Waals surface area contributed by atoms with Crippen molar-refractivity contribution in [3.05, 3.63) is 48.2 Å². The van der Waals surface area contributed by atoms with Crippen LogP contribution in [0.15, 0.2) is 36.9 Å². The molecule has 2 atom stereocenters. The SMILES string of the molecule is CN1C(=O)C[C@@H](NC(=O)c2cnn3cccnc23)[C@@H]1c1ccnn1C. The van der Waals surface area contributed by atoms with E-state index in [1.807, 2.05) is 13.1 Å². The number of nitrogens with one attached hydrogen (secondary N) is 1. The maximum absolute atomic E-state index is 12.7. The second kappa shape index (κ2) is 5.69. The van der Waals surface area contributed by atoms with Gasteiger partial charge in [0.15, 0.2) is 5.65 Å². The Hall–Kier alpha value is -3.23. The number of aromatic nitrogens is 5. The first-order valence-corrected chi connectivity index (χ1v) is 7.89. The third-order valence-corrected chi connectivity index (χ3v) is 4.59. The van der Waals surface area contributed by atoms with E-state index in [1.165, 1.54) is 6.20 Å². The van der Waals surface area contributed by atoms with E-state index in [1.54, 1.807) is 45.8 Å². The van der Waals surface area contributed by atoms with E-state index in [-0.39, 0.29) is 30.3 Å². The molecule has 4 heterocycles. The highest BCUT2D eigenvalue weighted by molar-refractivity contribution is 6.00. The molecule has 25 heavy (non-hydrogen) atoms. The number of hydrogen-bond acceptors (Lipinski definition) is 5. The molecule has 0 saturated carbocycles. The van der Waals surface area contributed by atoms with Gasteiger partial charge in [-0.2, -0.15) is 10.2 Å². The summed E-state index contributed by atoms with van der Waals surface area (Å²) in [5.41, 5.74) is 1.73. The maximum atomic E-state index is 12.7. The van der Waals surface area contributed by atoms with Crippen LogP contribution in [0.3, 0.4) is 0 Å². The van der Waals surface area contributed by atoms with Gasteiger partial charge in [0.05, 0.1) is 24.0 Å². The van der Waals surface area contributed by atoms with Crippen LogP contribution in [0.4, 0.5) is 0 Å². The van der Waals surface area contributed by atoms with Gasteiger partial charge in [0.2, 0.25) is 5.91 Å². The number of likely N-dealkylation sites (tertiary alicyclic amines) is 1. The largest absolute Gasteiger partial charge is 0.346 e. The molecular weight excluding hydrogens is 322 g/mol. The molecule has 1 aliphatic heterocycles. The van der Waals surface area contributed by atoms with Crippen LogP contribution in [0, 0.1) is 0 Å². The molecule has 1 fully saturated rings. The van der Waals surface area contributed by atoms with Crippen LogP contribution < -0.4 is 5.32 Å². The predicted octanol–water partition coefficient (Wildman–Crippen LogP) is 0.165. The van der Waals surface area contributed by atoms with E-state index in [0.717, 1.165) is 5.69 Å². The molecule has 1 N–H and O–H groups in total. The molecule has 0 spiro atoms. The van der Waals surface area contributed by atoms with Crippen molar-refractivity contribution in [2.24, 2.45) is 7.05 Å². The lowest BCUT2D eigenvalue weighted by Gasteiger charge is -2.25. The molecule has 4 rings (SSSR count). The Morgan fingerprint density at radius 1 is 1.28 bits per heavy atom. The molecule has 1 saturated heterocycles. The van der Waals surface area contributed by atoms with Crippen LogP contribution in [0.1, 0.15) is 28.5 Å².